The van der Waals surface area contributed by atoms with Crippen LogP contribution in [0.5, 0.6) is 17.2 Å². The Morgan fingerprint density at radius 2 is 1.94 bits per heavy atom. The van der Waals surface area contributed by atoms with Crippen molar-refractivity contribution in [1.29, 1.82) is 0 Å². The van der Waals surface area contributed by atoms with E-state index in [-0.39, 0.29) is 11.8 Å². The standard InChI is InChI=1S/C27H31NO4/c1-31-22-10-9-19-15-23-27(30)12-11-20(29)16-26(27,13-14-28(23)17-18-7-8-18)24(19)25(22)32-21-5-3-2-4-6-21/h2-6,9-10,18,23,30H,7-8,11-17H2,1H3/t23-,26-,27+/m0/s1. The molecule has 6 rings (SSSR count). The van der Waals surface area contributed by atoms with Crippen molar-refractivity contribution in [3.63, 3.8) is 0 Å². The number of carbonyl (C=O) groups is 1. The van der Waals surface area contributed by atoms with E-state index in [1.165, 1.54) is 18.4 Å². The van der Waals surface area contributed by atoms with Crippen LogP contribution in [0, 0.1) is 5.92 Å². The average Bonchev–Trinajstić information content (AvgIpc) is 3.61. The number of Topliss-reactive ketones (excluding diaryl/α,β-unsaturated/α-hetero) is 1. The highest BCUT2D eigenvalue weighted by Crippen LogP contribution is 2.61. The van der Waals surface area contributed by atoms with Crippen LogP contribution in [0.1, 0.15) is 49.7 Å². The lowest BCUT2D eigenvalue weighted by Crippen LogP contribution is -2.73. The number of likely N-dealkylation sites (tertiary alicyclic amines) is 1. The van der Waals surface area contributed by atoms with Crippen molar-refractivity contribution in [2.45, 2.75) is 62.0 Å². The SMILES string of the molecule is COc1ccc2c(c1Oc1ccccc1)[C@@]13CCN(CC4CC4)[C@@H](C2)[C@]1(O)CCC(=O)C3. The molecule has 2 aromatic rings. The number of nitrogens with zero attached hydrogens (tertiary/aromatic N) is 1. The van der Waals surface area contributed by atoms with E-state index in [1.54, 1.807) is 7.11 Å². The van der Waals surface area contributed by atoms with E-state index in [1.807, 2.05) is 36.4 Å². The smallest absolute Gasteiger partial charge is 0.173 e. The van der Waals surface area contributed by atoms with E-state index in [2.05, 4.69) is 11.0 Å². The lowest BCUT2D eigenvalue weighted by molar-refractivity contribution is -0.173. The van der Waals surface area contributed by atoms with Gasteiger partial charge in [-0.3, -0.25) is 9.69 Å². The van der Waals surface area contributed by atoms with Crippen LogP contribution in [0.25, 0.3) is 0 Å². The zero-order valence-corrected chi connectivity index (χ0v) is 18.7. The molecule has 1 N–H and O–H groups in total. The van der Waals surface area contributed by atoms with Crippen molar-refractivity contribution in [3.8, 4) is 17.2 Å². The van der Waals surface area contributed by atoms with Gasteiger partial charge in [0.2, 0.25) is 0 Å². The molecular weight excluding hydrogens is 402 g/mol. The zero-order valence-electron chi connectivity index (χ0n) is 18.7. The first-order chi connectivity index (χ1) is 15.5. The third-order valence-corrected chi connectivity index (χ3v) is 8.40. The molecule has 0 aromatic heterocycles. The Bertz CT molecular complexity index is 1050. The van der Waals surface area contributed by atoms with Gasteiger partial charge in [0.15, 0.2) is 11.5 Å². The zero-order chi connectivity index (χ0) is 21.9. The van der Waals surface area contributed by atoms with Gasteiger partial charge in [-0.1, -0.05) is 24.3 Å². The molecule has 2 aromatic carbocycles. The number of ketones is 1. The highest BCUT2D eigenvalue weighted by Gasteiger charge is 2.66. The fourth-order valence-electron chi connectivity index (χ4n) is 6.68. The molecule has 5 heteroatoms. The summed E-state index contributed by atoms with van der Waals surface area (Å²) in [6.45, 7) is 1.98. The van der Waals surface area contributed by atoms with Gasteiger partial charge in [0.1, 0.15) is 11.5 Å². The summed E-state index contributed by atoms with van der Waals surface area (Å²) < 4.78 is 12.2. The number of ether oxygens (including phenoxy) is 2. The molecule has 1 heterocycles. The first kappa shape index (κ1) is 20.3. The maximum atomic E-state index is 12.9. The van der Waals surface area contributed by atoms with Crippen LogP contribution >= 0.6 is 0 Å². The summed E-state index contributed by atoms with van der Waals surface area (Å²) in [7, 11) is 1.65. The minimum absolute atomic E-state index is 0.0513. The molecular formula is C27H31NO4. The Hall–Kier alpha value is -2.37. The predicted octanol–water partition coefficient (Wildman–Crippen LogP) is 4.25. The second-order valence-corrected chi connectivity index (χ2v) is 10.2. The van der Waals surface area contributed by atoms with Crippen LogP contribution in [-0.4, -0.2) is 47.6 Å². The lowest BCUT2D eigenvalue weighted by Gasteiger charge is -2.63. The molecule has 168 valence electrons. The molecule has 0 spiro atoms. The largest absolute Gasteiger partial charge is 0.493 e. The van der Waals surface area contributed by atoms with Gasteiger partial charge in [-0.25, -0.2) is 0 Å². The summed E-state index contributed by atoms with van der Waals surface area (Å²) in [6, 6.07) is 13.9. The molecule has 2 bridgehead atoms. The highest BCUT2D eigenvalue weighted by atomic mass is 16.5. The molecule has 3 fully saturated rings. The predicted molar refractivity (Wildman–Crippen MR) is 121 cm³/mol. The van der Waals surface area contributed by atoms with Crippen molar-refractivity contribution in [1.82, 2.24) is 4.90 Å². The Labute approximate surface area is 189 Å². The molecule has 0 amide bonds. The van der Waals surface area contributed by atoms with Crippen molar-refractivity contribution < 1.29 is 19.4 Å². The van der Waals surface area contributed by atoms with Crippen LogP contribution in [-0.2, 0) is 16.6 Å². The quantitative estimate of drug-likeness (QED) is 0.764. The molecule has 5 nitrogen and oxygen atoms in total. The Kier molecular flexibility index (Phi) is 4.63. The van der Waals surface area contributed by atoms with Crippen LogP contribution in [0.3, 0.4) is 0 Å². The third-order valence-electron chi connectivity index (χ3n) is 8.40. The molecule has 1 aliphatic heterocycles. The van der Waals surface area contributed by atoms with Gasteiger partial charge in [0.25, 0.3) is 0 Å². The molecule has 1 saturated heterocycles. The monoisotopic (exact) mass is 433 g/mol. The number of hydrogen-bond acceptors (Lipinski definition) is 5. The fourth-order valence-corrected chi connectivity index (χ4v) is 6.68. The number of aliphatic hydroxyl groups is 1. The second kappa shape index (κ2) is 7.32. The van der Waals surface area contributed by atoms with Crippen molar-refractivity contribution in [2.75, 3.05) is 20.2 Å². The number of carbonyl (C=O) groups excluding carboxylic acids is 1. The fraction of sp³-hybridized carbons (Fsp3) is 0.519. The first-order valence-corrected chi connectivity index (χ1v) is 12.0. The Morgan fingerprint density at radius 3 is 2.69 bits per heavy atom. The number of fused-ring (bicyclic) bond motifs is 1. The number of hydrogen-bond donors (Lipinski definition) is 1. The van der Waals surface area contributed by atoms with Crippen LogP contribution < -0.4 is 9.47 Å². The summed E-state index contributed by atoms with van der Waals surface area (Å²) in [5.74, 6) is 3.06. The summed E-state index contributed by atoms with van der Waals surface area (Å²) in [6.07, 6.45) is 5.51. The first-order valence-electron chi connectivity index (χ1n) is 12.0. The van der Waals surface area contributed by atoms with Gasteiger partial charge in [-0.05, 0) is 68.3 Å². The topological polar surface area (TPSA) is 59.0 Å². The van der Waals surface area contributed by atoms with Crippen molar-refractivity contribution in [3.05, 3.63) is 53.6 Å². The van der Waals surface area contributed by atoms with Crippen molar-refractivity contribution >= 4 is 5.78 Å². The number of methoxy groups -OCH3 is 1. The van der Waals surface area contributed by atoms with E-state index < -0.39 is 11.0 Å². The van der Waals surface area contributed by atoms with Crippen LogP contribution in [0.15, 0.2) is 42.5 Å². The van der Waals surface area contributed by atoms with E-state index in [4.69, 9.17) is 9.47 Å². The van der Waals surface area contributed by atoms with E-state index in [0.29, 0.717) is 30.8 Å². The molecule has 3 atom stereocenters. The third kappa shape index (κ3) is 2.94. The maximum absolute atomic E-state index is 12.9. The van der Waals surface area contributed by atoms with Gasteiger partial charge in [-0.2, -0.15) is 0 Å². The van der Waals surface area contributed by atoms with Gasteiger partial charge in [0, 0.05) is 36.4 Å². The summed E-state index contributed by atoms with van der Waals surface area (Å²) in [5.41, 5.74) is 0.627. The number of benzene rings is 2. The lowest BCUT2D eigenvalue weighted by atomic mass is 9.49. The van der Waals surface area contributed by atoms with E-state index in [0.717, 1.165) is 43.2 Å². The Morgan fingerprint density at radius 1 is 1.12 bits per heavy atom. The van der Waals surface area contributed by atoms with Gasteiger partial charge in [0.05, 0.1) is 12.7 Å². The van der Waals surface area contributed by atoms with Gasteiger partial charge >= 0.3 is 0 Å². The van der Waals surface area contributed by atoms with Gasteiger partial charge in [-0.15, -0.1) is 0 Å². The summed E-state index contributed by atoms with van der Waals surface area (Å²) >= 11 is 0. The summed E-state index contributed by atoms with van der Waals surface area (Å²) in [5, 5.41) is 12.4. The number of para-hydroxylation sites is 1. The molecule has 32 heavy (non-hydrogen) atoms. The molecule has 2 saturated carbocycles. The molecule has 0 unspecified atom stereocenters. The minimum Gasteiger partial charge on any atom is -0.493 e. The maximum Gasteiger partial charge on any atom is 0.173 e. The molecule has 4 aliphatic rings. The number of rotatable bonds is 5. The molecule has 0 radical (unpaired) electrons. The van der Waals surface area contributed by atoms with Gasteiger partial charge < -0.3 is 14.6 Å². The number of piperidine rings is 1. The molecule has 3 aliphatic carbocycles. The van der Waals surface area contributed by atoms with E-state index >= 15 is 0 Å². The normalized spacial score (nSPS) is 31.6. The van der Waals surface area contributed by atoms with Crippen LogP contribution in [0.2, 0.25) is 0 Å². The average molecular weight is 434 g/mol. The summed E-state index contributed by atoms with van der Waals surface area (Å²) in [4.78, 5) is 15.4. The Balaban J connectivity index is 1.53. The second-order valence-electron chi connectivity index (χ2n) is 10.2. The van der Waals surface area contributed by atoms with Crippen LogP contribution in [0.4, 0.5) is 0 Å². The minimum atomic E-state index is -0.928. The highest BCUT2D eigenvalue weighted by molar-refractivity contribution is 5.83. The van der Waals surface area contributed by atoms with Crippen molar-refractivity contribution in [2.24, 2.45) is 5.92 Å². The van der Waals surface area contributed by atoms with E-state index in [9.17, 15) is 9.90 Å².